The van der Waals surface area contributed by atoms with E-state index in [0.717, 1.165) is 5.56 Å². The highest BCUT2D eigenvalue weighted by Crippen LogP contribution is 2.29. The number of amides is 1. The Labute approximate surface area is 168 Å². The number of benzene rings is 1. The highest BCUT2D eigenvalue weighted by Gasteiger charge is 2.32. The smallest absolute Gasteiger partial charge is 0.281 e. The van der Waals surface area contributed by atoms with Crippen molar-refractivity contribution in [2.75, 3.05) is 34.3 Å². The fraction of sp³-hybridized carbons (Fsp3) is 0.632. The normalized spacial score (nSPS) is 16.4. The maximum absolute atomic E-state index is 12.5. The second kappa shape index (κ2) is 9.58. The van der Waals surface area contributed by atoms with Crippen LogP contribution < -0.4 is 14.8 Å². The van der Waals surface area contributed by atoms with E-state index in [2.05, 4.69) is 5.32 Å². The molecule has 1 heterocycles. The molecule has 9 heteroatoms. The average Bonchev–Trinajstić information content (AvgIpc) is 2.66. The van der Waals surface area contributed by atoms with E-state index in [4.69, 9.17) is 9.47 Å². The molecule has 0 aliphatic carbocycles. The summed E-state index contributed by atoms with van der Waals surface area (Å²) in [5.74, 6) is 1.06. The van der Waals surface area contributed by atoms with Crippen molar-refractivity contribution >= 4 is 16.1 Å². The molecule has 1 fully saturated rings. The number of rotatable bonds is 8. The summed E-state index contributed by atoms with van der Waals surface area (Å²) in [6.07, 6.45) is 1.08. The first kappa shape index (κ1) is 22.4. The van der Waals surface area contributed by atoms with E-state index in [1.54, 1.807) is 7.11 Å². The van der Waals surface area contributed by atoms with Crippen molar-refractivity contribution in [3.63, 3.8) is 0 Å². The molecule has 28 heavy (non-hydrogen) atoms. The van der Waals surface area contributed by atoms with Crippen LogP contribution in [0.1, 0.15) is 32.3 Å². The van der Waals surface area contributed by atoms with Crippen molar-refractivity contribution in [1.29, 1.82) is 0 Å². The Morgan fingerprint density at radius 2 is 1.89 bits per heavy atom. The second-order valence-corrected chi connectivity index (χ2v) is 9.48. The topological polar surface area (TPSA) is 88.2 Å². The van der Waals surface area contributed by atoms with E-state index >= 15 is 0 Å². The van der Waals surface area contributed by atoms with Crippen LogP contribution in [-0.2, 0) is 21.5 Å². The van der Waals surface area contributed by atoms with Gasteiger partial charge in [0, 0.05) is 39.6 Å². The molecule has 0 unspecified atom stereocenters. The molecule has 0 aromatic heterocycles. The summed E-state index contributed by atoms with van der Waals surface area (Å²) in [6.45, 7) is 4.99. The summed E-state index contributed by atoms with van der Waals surface area (Å²) >= 11 is 0. The number of nitrogens with one attached hydrogen (secondary N) is 1. The monoisotopic (exact) mass is 413 g/mol. The van der Waals surface area contributed by atoms with Gasteiger partial charge >= 0.3 is 0 Å². The lowest BCUT2D eigenvalue weighted by Crippen LogP contribution is -2.46. The Hall–Kier alpha value is -1.84. The maximum Gasteiger partial charge on any atom is 0.281 e. The predicted octanol–water partition coefficient (Wildman–Crippen LogP) is 1.62. The Balaban J connectivity index is 1.89. The molecule has 1 aliphatic heterocycles. The molecule has 0 saturated carbocycles. The zero-order valence-corrected chi connectivity index (χ0v) is 18.1. The number of piperidine rings is 1. The van der Waals surface area contributed by atoms with Crippen molar-refractivity contribution in [2.24, 2.45) is 5.92 Å². The molecule has 0 bridgehead atoms. The standard InChI is InChI=1S/C19H31N3O5S/c1-14(2)27-17-7-6-15(12-18(17)26-5)13-20-19(23)16-8-10-22(11-9-16)28(24,25)21(3)4/h6-7,12,14,16H,8-11,13H2,1-5H3,(H,20,23). The van der Waals surface area contributed by atoms with Gasteiger partial charge in [-0.25, -0.2) is 0 Å². The summed E-state index contributed by atoms with van der Waals surface area (Å²) in [4.78, 5) is 12.5. The van der Waals surface area contributed by atoms with Gasteiger partial charge in [0.05, 0.1) is 13.2 Å². The second-order valence-electron chi connectivity index (χ2n) is 7.33. The Morgan fingerprint density at radius 1 is 1.25 bits per heavy atom. The van der Waals surface area contributed by atoms with E-state index in [0.29, 0.717) is 44.0 Å². The largest absolute Gasteiger partial charge is 0.493 e. The van der Waals surface area contributed by atoms with Crippen molar-refractivity contribution in [3.8, 4) is 11.5 Å². The van der Waals surface area contributed by atoms with Crippen LogP contribution in [0, 0.1) is 5.92 Å². The predicted molar refractivity (Wildman–Crippen MR) is 108 cm³/mol. The Kier molecular flexibility index (Phi) is 7.68. The third-order valence-corrected chi connectivity index (χ3v) is 6.61. The van der Waals surface area contributed by atoms with Crippen LogP contribution in [0.2, 0.25) is 0 Å². The van der Waals surface area contributed by atoms with Gasteiger partial charge in [-0.05, 0) is 44.4 Å². The van der Waals surface area contributed by atoms with Crippen LogP contribution in [0.15, 0.2) is 18.2 Å². The van der Waals surface area contributed by atoms with E-state index in [1.807, 2.05) is 32.0 Å². The number of ether oxygens (including phenoxy) is 2. The highest BCUT2D eigenvalue weighted by molar-refractivity contribution is 7.86. The Bertz CT molecular complexity index is 772. The number of hydrogen-bond donors (Lipinski definition) is 1. The summed E-state index contributed by atoms with van der Waals surface area (Å²) in [5, 5.41) is 2.94. The molecule has 2 rings (SSSR count). The van der Waals surface area contributed by atoms with Crippen LogP contribution >= 0.6 is 0 Å². The minimum Gasteiger partial charge on any atom is -0.493 e. The maximum atomic E-state index is 12.5. The van der Waals surface area contributed by atoms with E-state index in [1.165, 1.54) is 22.7 Å². The zero-order valence-electron chi connectivity index (χ0n) is 17.3. The molecule has 0 radical (unpaired) electrons. The first-order chi connectivity index (χ1) is 13.1. The number of carbonyl (C=O) groups is 1. The number of hydrogen-bond acceptors (Lipinski definition) is 5. The van der Waals surface area contributed by atoms with Crippen molar-refractivity contribution in [2.45, 2.75) is 39.3 Å². The van der Waals surface area contributed by atoms with Gasteiger partial charge in [-0.15, -0.1) is 0 Å². The fourth-order valence-corrected chi connectivity index (χ4v) is 4.22. The molecule has 8 nitrogen and oxygen atoms in total. The molecule has 1 aliphatic rings. The van der Waals surface area contributed by atoms with Crippen molar-refractivity contribution in [1.82, 2.24) is 13.9 Å². The molecule has 1 aromatic rings. The van der Waals surface area contributed by atoms with Crippen LogP contribution in [0.25, 0.3) is 0 Å². The molecular weight excluding hydrogens is 382 g/mol. The molecule has 0 atom stereocenters. The Morgan fingerprint density at radius 3 is 2.43 bits per heavy atom. The molecule has 1 amide bonds. The SMILES string of the molecule is COc1cc(CNC(=O)C2CCN(S(=O)(=O)N(C)C)CC2)ccc1OC(C)C. The van der Waals surface area contributed by atoms with Crippen molar-refractivity contribution < 1.29 is 22.7 Å². The first-order valence-corrected chi connectivity index (χ1v) is 10.8. The third kappa shape index (κ3) is 5.59. The minimum atomic E-state index is -3.42. The summed E-state index contributed by atoms with van der Waals surface area (Å²) < 4.78 is 38.0. The molecular formula is C19H31N3O5S. The van der Waals surface area contributed by atoms with E-state index in [-0.39, 0.29) is 17.9 Å². The number of methoxy groups -OCH3 is 1. The van der Waals surface area contributed by atoms with Crippen molar-refractivity contribution in [3.05, 3.63) is 23.8 Å². The van der Waals surface area contributed by atoms with Gasteiger partial charge in [0.15, 0.2) is 11.5 Å². The van der Waals surface area contributed by atoms with Gasteiger partial charge in [-0.3, -0.25) is 4.79 Å². The molecule has 0 spiro atoms. The van der Waals surface area contributed by atoms with Gasteiger partial charge < -0.3 is 14.8 Å². The first-order valence-electron chi connectivity index (χ1n) is 9.44. The van der Waals surface area contributed by atoms with Gasteiger partial charge in [0.1, 0.15) is 0 Å². The van der Waals surface area contributed by atoms with Crippen LogP contribution in [0.5, 0.6) is 11.5 Å². The van der Waals surface area contributed by atoms with E-state index in [9.17, 15) is 13.2 Å². The van der Waals surface area contributed by atoms with Crippen LogP contribution in [0.3, 0.4) is 0 Å². The van der Waals surface area contributed by atoms with Gasteiger partial charge in [-0.2, -0.15) is 17.0 Å². The van der Waals surface area contributed by atoms with Gasteiger partial charge in [0.25, 0.3) is 10.2 Å². The van der Waals surface area contributed by atoms with E-state index < -0.39 is 10.2 Å². The highest BCUT2D eigenvalue weighted by atomic mass is 32.2. The number of nitrogens with zero attached hydrogens (tertiary/aromatic N) is 2. The van der Waals surface area contributed by atoms with Crippen LogP contribution in [0.4, 0.5) is 0 Å². The minimum absolute atomic E-state index is 0.0432. The average molecular weight is 414 g/mol. The van der Waals surface area contributed by atoms with Gasteiger partial charge in [0.2, 0.25) is 5.91 Å². The van der Waals surface area contributed by atoms with Gasteiger partial charge in [-0.1, -0.05) is 6.07 Å². The lowest BCUT2D eigenvalue weighted by atomic mass is 9.97. The molecule has 1 N–H and O–H groups in total. The summed E-state index contributed by atoms with van der Waals surface area (Å²) in [6, 6.07) is 5.59. The lowest BCUT2D eigenvalue weighted by molar-refractivity contribution is -0.126. The summed E-state index contributed by atoms with van der Waals surface area (Å²) in [5.41, 5.74) is 0.911. The lowest BCUT2D eigenvalue weighted by Gasteiger charge is -2.32. The molecule has 1 aromatic carbocycles. The zero-order chi connectivity index (χ0) is 20.9. The number of carbonyl (C=O) groups excluding carboxylic acids is 1. The third-order valence-electron chi connectivity index (χ3n) is 4.67. The molecule has 158 valence electrons. The fourth-order valence-electron chi connectivity index (χ4n) is 3.09. The van der Waals surface area contributed by atoms with Crippen LogP contribution in [-0.4, -0.2) is 63.3 Å². The quantitative estimate of drug-likeness (QED) is 0.700. The summed E-state index contributed by atoms with van der Waals surface area (Å²) in [7, 11) is 1.20. The molecule has 1 saturated heterocycles.